The van der Waals surface area contributed by atoms with Crippen LogP contribution in [0.15, 0.2) is 78.9 Å². The number of benzene rings is 3. The normalized spacial score (nSPS) is 16.2. The molecule has 0 amide bonds. The summed E-state index contributed by atoms with van der Waals surface area (Å²) in [5.41, 5.74) is 2.92. The topological polar surface area (TPSA) is 72.9 Å². The van der Waals surface area contributed by atoms with E-state index in [0.717, 1.165) is 16.7 Å². The Morgan fingerprint density at radius 1 is 0.906 bits per heavy atom. The van der Waals surface area contributed by atoms with E-state index < -0.39 is 22.0 Å². The second-order valence-corrected chi connectivity index (χ2v) is 9.81. The van der Waals surface area contributed by atoms with E-state index in [1.165, 1.54) is 4.31 Å². The molecule has 0 unspecified atom stereocenters. The number of rotatable bonds is 7. The van der Waals surface area contributed by atoms with Crippen LogP contribution in [-0.2, 0) is 34.4 Å². The van der Waals surface area contributed by atoms with Crippen LogP contribution in [0.5, 0.6) is 11.5 Å². The molecule has 0 fully saturated rings. The number of carbonyl (C=O) groups is 1. The van der Waals surface area contributed by atoms with Gasteiger partial charge in [-0.1, -0.05) is 54.6 Å². The number of ether oxygens (including phenoxy) is 2. The molecule has 7 heteroatoms. The van der Waals surface area contributed by atoms with Crippen LogP contribution in [0, 0.1) is 0 Å². The number of nitrogens with zero attached hydrogens (tertiary/aromatic N) is 1. The van der Waals surface area contributed by atoms with Crippen molar-refractivity contribution in [3.8, 4) is 11.5 Å². The molecule has 0 N–H and O–H groups in total. The molecule has 1 heterocycles. The minimum absolute atomic E-state index is 0.0770. The fourth-order valence-corrected chi connectivity index (χ4v) is 4.90. The van der Waals surface area contributed by atoms with Gasteiger partial charge in [0.2, 0.25) is 10.0 Å². The molecule has 0 spiro atoms. The molecule has 1 atom stereocenters. The van der Waals surface area contributed by atoms with Crippen LogP contribution in [0.1, 0.15) is 23.6 Å². The predicted octanol–water partition coefficient (Wildman–Crippen LogP) is 3.95. The molecular weight excluding hydrogens is 426 g/mol. The van der Waals surface area contributed by atoms with Gasteiger partial charge in [0.1, 0.15) is 24.1 Å². The van der Waals surface area contributed by atoms with Gasteiger partial charge in [-0.3, -0.25) is 0 Å². The van der Waals surface area contributed by atoms with Gasteiger partial charge in [-0.05, 0) is 47.9 Å². The first-order chi connectivity index (χ1) is 15.5. The highest BCUT2D eigenvalue weighted by molar-refractivity contribution is 7.89. The molecule has 0 bridgehead atoms. The molecule has 6 nitrogen and oxygen atoms in total. The van der Waals surface area contributed by atoms with Crippen molar-refractivity contribution in [3.63, 3.8) is 0 Å². The number of fused-ring (bicyclic) bond motifs is 1. The molecule has 32 heavy (non-hydrogen) atoms. The summed E-state index contributed by atoms with van der Waals surface area (Å²) in [5, 5.41) is 0. The second kappa shape index (κ2) is 9.54. The number of hydrogen-bond acceptors (Lipinski definition) is 5. The Hall–Kier alpha value is -3.16. The third kappa shape index (κ3) is 5.00. The van der Waals surface area contributed by atoms with Gasteiger partial charge in [0.05, 0.1) is 5.75 Å². The Kier molecular flexibility index (Phi) is 6.58. The summed E-state index contributed by atoms with van der Waals surface area (Å²) in [7, 11) is -3.58. The highest BCUT2D eigenvalue weighted by Gasteiger charge is 2.39. The van der Waals surface area contributed by atoms with E-state index >= 15 is 0 Å². The minimum Gasteiger partial charge on any atom is -0.489 e. The summed E-state index contributed by atoms with van der Waals surface area (Å²) in [6.07, 6.45) is 0.284. The first kappa shape index (κ1) is 22.0. The van der Waals surface area contributed by atoms with Gasteiger partial charge in [0.25, 0.3) is 0 Å². The molecule has 4 rings (SSSR count). The maximum Gasteiger partial charge on any atom is 0.330 e. The monoisotopic (exact) mass is 451 g/mol. The highest BCUT2D eigenvalue weighted by Crippen LogP contribution is 2.28. The van der Waals surface area contributed by atoms with Crippen molar-refractivity contribution in [2.24, 2.45) is 0 Å². The van der Waals surface area contributed by atoms with Crippen LogP contribution in [-0.4, -0.2) is 30.5 Å². The molecule has 0 radical (unpaired) electrons. The number of esters is 1. The van der Waals surface area contributed by atoms with Gasteiger partial charge in [0, 0.05) is 13.0 Å². The smallest absolute Gasteiger partial charge is 0.330 e. The van der Waals surface area contributed by atoms with Gasteiger partial charge in [-0.15, -0.1) is 0 Å². The second-order valence-electron chi connectivity index (χ2n) is 7.60. The zero-order valence-corrected chi connectivity index (χ0v) is 18.6. The van der Waals surface area contributed by atoms with Crippen LogP contribution in [0.3, 0.4) is 0 Å². The molecule has 0 aromatic heterocycles. The quantitative estimate of drug-likeness (QED) is 0.402. The zero-order valence-electron chi connectivity index (χ0n) is 17.8. The fourth-order valence-electron chi connectivity index (χ4n) is 3.69. The summed E-state index contributed by atoms with van der Waals surface area (Å²) in [6, 6.07) is 23.2. The summed E-state index contributed by atoms with van der Waals surface area (Å²) in [6.45, 7) is 2.18. The first-order valence-electron chi connectivity index (χ1n) is 10.5. The number of sulfonamides is 1. The lowest BCUT2D eigenvalue weighted by Gasteiger charge is -2.34. The number of carbonyl (C=O) groups excluding carboxylic acids is 1. The van der Waals surface area contributed by atoms with Crippen molar-refractivity contribution in [2.75, 3.05) is 5.75 Å². The molecule has 1 aliphatic heterocycles. The van der Waals surface area contributed by atoms with Crippen LogP contribution in [0.4, 0.5) is 0 Å². The molecule has 0 saturated heterocycles. The Balaban J connectivity index is 1.46. The van der Waals surface area contributed by atoms with Crippen LogP contribution in [0.2, 0.25) is 0 Å². The predicted molar refractivity (Wildman–Crippen MR) is 122 cm³/mol. The van der Waals surface area contributed by atoms with Crippen molar-refractivity contribution in [3.05, 3.63) is 95.6 Å². The molecule has 0 aliphatic carbocycles. The third-order valence-electron chi connectivity index (χ3n) is 5.49. The fraction of sp³-hybridized carbons (Fsp3) is 0.240. The van der Waals surface area contributed by atoms with Crippen LogP contribution >= 0.6 is 0 Å². The largest absolute Gasteiger partial charge is 0.489 e. The zero-order chi connectivity index (χ0) is 22.6. The van der Waals surface area contributed by atoms with E-state index in [1.807, 2.05) is 54.6 Å². The van der Waals surface area contributed by atoms with Crippen molar-refractivity contribution in [1.82, 2.24) is 4.31 Å². The molecule has 3 aromatic rings. The van der Waals surface area contributed by atoms with Crippen molar-refractivity contribution in [1.29, 1.82) is 0 Å². The van der Waals surface area contributed by atoms with E-state index in [-0.39, 0.29) is 18.7 Å². The first-order valence-corrected chi connectivity index (χ1v) is 12.1. The summed E-state index contributed by atoms with van der Waals surface area (Å²) < 4.78 is 37.9. The van der Waals surface area contributed by atoms with E-state index in [4.69, 9.17) is 9.47 Å². The van der Waals surface area contributed by atoms with Gasteiger partial charge < -0.3 is 9.47 Å². The average Bonchev–Trinajstić information content (AvgIpc) is 2.83. The summed E-state index contributed by atoms with van der Waals surface area (Å²) in [5.74, 6) is 0.325. The van der Waals surface area contributed by atoms with E-state index in [0.29, 0.717) is 18.1 Å². The SMILES string of the molecule is CCS(=O)(=O)N1Cc2ccccc2C[C@H]1C(=O)Oc1ccc(OCc2ccccc2)cc1. The summed E-state index contributed by atoms with van der Waals surface area (Å²) >= 11 is 0. The van der Waals surface area contributed by atoms with Crippen LogP contribution in [0.25, 0.3) is 0 Å². The highest BCUT2D eigenvalue weighted by atomic mass is 32.2. The lowest BCUT2D eigenvalue weighted by molar-refractivity contribution is -0.139. The standard InChI is InChI=1S/C25H25NO5S/c1-2-32(28,29)26-17-21-11-7-6-10-20(21)16-24(26)25(27)31-23-14-12-22(13-15-23)30-18-19-8-4-3-5-9-19/h3-15,24H,2,16-18H2,1H3/t24-/m0/s1. The molecule has 166 valence electrons. The Morgan fingerprint density at radius 2 is 1.53 bits per heavy atom. The Morgan fingerprint density at radius 3 is 2.22 bits per heavy atom. The average molecular weight is 452 g/mol. The molecule has 3 aromatic carbocycles. The van der Waals surface area contributed by atoms with Crippen molar-refractivity contribution < 1.29 is 22.7 Å². The van der Waals surface area contributed by atoms with Gasteiger partial charge >= 0.3 is 5.97 Å². The molecular formula is C25H25NO5S. The Labute approximate surface area is 188 Å². The third-order valence-corrected chi connectivity index (χ3v) is 7.32. The van der Waals surface area contributed by atoms with Gasteiger partial charge in [0.15, 0.2) is 0 Å². The van der Waals surface area contributed by atoms with Crippen molar-refractivity contribution >= 4 is 16.0 Å². The van der Waals surface area contributed by atoms with E-state index in [2.05, 4.69) is 0 Å². The lowest BCUT2D eigenvalue weighted by Crippen LogP contribution is -2.50. The maximum absolute atomic E-state index is 13.0. The lowest BCUT2D eigenvalue weighted by atomic mass is 9.96. The van der Waals surface area contributed by atoms with E-state index in [9.17, 15) is 13.2 Å². The van der Waals surface area contributed by atoms with E-state index in [1.54, 1.807) is 31.2 Å². The maximum atomic E-state index is 13.0. The minimum atomic E-state index is -3.58. The Bertz CT molecular complexity index is 1180. The van der Waals surface area contributed by atoms with Crippen molar-refractivity contribution in [2.45, 2.75) is 32.5 Å². The number of hydrogen-bond donors (Lipinski definition) is 0. The molecule has 1 aliphatic rings. The van der Waals surface area contributed by atoms with Crippen LogP contribution < -0.4 is 9.47 Å². The summed E-state index contributed by atoms with van der Waals surface area (Å²) in [4.78, 5) is 13.0. The van der Waals surface area contributed by atoms with Gasteiger partial charge in [-0.25, -0.2) is 13.2 Å². The van der Waals surface area contributed by atoms with Gasteiger partial charge in [-0.2, -0.15) is 4.31 Å². The molecule has 0 saturated carbocycles.